The van der Waals surface area contributed by atoms with Gasteiger partial charge in [-0.1, -0.05) is 0 Å². The second-order valence-corrected chi connectivity index (χ2v) is 2.87. The second kappa shape index (κ2) is 7.07. The predicted molar refractivity (Wildman–Crippen MR) is 57.2 cm³/mol. The molecule has 0 unspecified atom stereocenters. The number of hydrogen-bond donors (Lipinski definition) is 5. The Morgan fingerprint density at radius 3 is 2.06 bits per heavy atom. The van der Waals surface area contributed by atoms with Crippen LogP contribution in [0.15, 0.2) is 18.2 Å². The van der Waals surface area contributed by atoms with Gasteiger partial charge in [0.25, 0.3) is 0 Å². The summed E-state index contributed by atoms with van der Waals surface area (Å²) in [5.74, 6) is -0.983. The number of Topliss-reactive ketones (excluding diaryl/α,β-unsaturated/α-hetero) is 1. The van der Waals surface area contributed by atoms with Crippen molar-refractivity contribution in [2.45, 2.75) is 0 Å². The third-order valence-corrected chi connectivity index (χ3v) is 1.66. The standard InChI is InChI=1S/C8H7ClO3.BH3O3/c9-4-8(12)5-1-2-6(10)7(11)3-5;2-1(3)4/h1-3,10-11H,4H2;2-4H. The summed E-state index contributed by atoms with van der Waals surface area (Å²) in [5, 5.41) is 39.4. The molecule has 5 N–H and O–H groups in total. The van der Waals surface area contributed by atoms with Crippen molar-refractivity contribution < 1.29 is 30.1 Å². The molecule has 0 spiro atoms. The van der Waals surface area contributed by atoms with Crippen LogP contribution >= 0.6 is 11.6 Å². The van der Waals surface area contributed by atoms with E-state index in [0.29, 0.717) is 5.56 Å². The molecule has 0 aliphatic carbocycles. The number of carbonyl (C=O) groups is 1. The fourth-order valence-corrected chi connectivity index (χ4v) is 0.928. The normalized spacial score (nSPS) is 9.00. The van der Waals surface area contributed by atoms with Crippen molar-refractivity contribution in [2.24, 2.45) is 0 Å². The number of hydrogen-bond acceptors (Lipinski definition) is 6. The number of rotatable bonds is 2. The Morgan fingerprint density at radius 1 is 1.19 bits per heavy atom. The van der Waals surface area contributed by atoms with Crippen LogP contribution in [0.25, 0.3) is 0 Å². The van der Waals surface area contributed by atoms with E-state index >= 15 is 0 Å². The maximum absolute atomic E-state index is 11.0. The lowest BCUT2D eigenvalue weighted by atomic mass is 10.1. The highest BCUT2D eigenvalue weighted by molar-refractivity contribution is 6.30. The molecule has 0 bridgehead atoms. The fraction of sp³-hybridized carbons (Fsp3) is 0.125. The van der Waals surface area contributed by atoms with Gasteiger partial charge in [-0.3, -0.25) is 4.79 Å². The summed E-state index contributed by atoms with van der Waals surface area (Å²) in [4.78, 5) is 11.0. The van der Waals surface area contributed by atoms with Crippen LogP contribution in [0.1, 0.15) is 10.4 Å². The molecule has 88 valence electrons. The van der Waals surface area contributed by atoms with Crippen molar-refractivity contribution in [3.05, 3.63) is 23.8 Å². The lowest BCUT2D eigenvalue weighted by Crippen LogP contribution is -2.07. The highest BCUT2D eigenvalue weighted by Crippen LogP contribution is 2.24. The number of aromatic hydroxyl groups is 2. The van der Waals surface area contributed by atoms with E-state index in [1.807, 2.05) is 0 Å². The molecular weight excluding hydrogens is 238 g/mol. The van der Waals surface area contributed by atoms with Crippen molar-refractivity contribution >= 4 is 24.7 Å². The number of phenolic OH excluding ortho intramolecular Hbond substituents is 2. The van der Waals surface area contributed by atoms with Gasteiger partial charge < -0.3 is 25.3 Å². The number of halogens is 1. The zero-order valence-corrected chi connectivity index (χ0v) is 8.79. The van der Waals surface area contributed by atoms with Crippen molar-refractivity contribution in [2.75, 3.05) is 5.88 Å². The number of ketones is 1. The highest BCUT2D eigenvalue weighted by atomic mass is 35.5. The second-order valence-electron chi connectivity index (χ2n) is 2.61. The molecule has 1 rings (SSSR count). The van der Waals surface area contributed by atoms with Crippen LogP contribution < -0.4 is 0 Å². The molecule has 0 saturated heterocycles. The average molecular weight is 248 g/mol. The van der Waals surface area contributed by atoms with Crippen molar-refractivity contribution in [3.63, 3.8) is 0 Å². The molecule has 1 aromatic rings. The van der Waals surface area contributed by atoms with Crippen LogP contribution in [-0.2, 0) is 0 Å². The first-order chi connectivity index (χ1) is 7.38. The summed E-state index contributed by atoms with van der Waals surface area (Å²) in [6.45, 7) is 0. The van der Waals surface area contributed by atoms with E-state index in [2.05, 4.69) is 0 Å². The molecule has 0 radical (unpaired) electrons. The summed E-state index contributed by atoms with van der Waals surface area (Å²) in [6, 6.07) is 3.83. The molecule has 16 heavy (non-hydrogen) atoms. The summed E-state index contributed by atoms with van der Waals surface area (Å²) in [5.41, 5.74) is 0.292. The minimum Gasteiger partial charge on any atom is -0.504 e. The molecule has 0 atom stereocenters. The summed E-state index contributed by atoms with van der Waals surface area (Å²) in [7, 11) is -2.17. The first kappa shape index (κ1) is 14.7. The Kier molecular flexibility index (Phi) is 6.51. The van der Waals surface area contributed by atoms with E-state index < -0.39 is 7.32 Å². The van der Waals surface area contributed by atoms with Gasteiger partial charge >= 0.3 is 7.32 Å². The minimum atomic E-state index is -2.17. The molecule has 6 nitrogen and oxygen atoms in total. The van der Waals surface area contributed by atoms with Gasteiger partial charge in [0.2, 0.25) is 0 Å². The molecule has 0 amide bonds. The van der Waals surface area contributed by atoms with Gasteiger partial charge in [-0.2, -0.15) is 0 Å². The zero-order valence-electron chi connectivity index (χ0n) is 8.04. The van der Waals surface area contributed by atoms with E-state index in [-0.39, 0.29) is 23.2 Å². The Morgan fingerprint density at radius 2 is 1.69 bits per heavy atom. The van der Waals surface area contributed by atoms with Gasteiger partial charge in [0.05, 0.1) is 5.88 Å². The SMILES string of the molecule is O=C(CCl)c1ccc(O)c(O)c1.OB(O)O. The monoisotopic (exact) mass is 248 g/mol. The molecular formula is C8H10BClO6. The maximum atomic E-state index is 11.0. The number of carbonyl (C=O) groups excluding carboxylic acids is 1. The van der Waals surface area contributed by atoms with Crippen LogP contribution in [-0.4, -0.2) is 44.3 Å². The molecule has 0 aliphatic heterocycles. The smallest absolute Gasteiger partial charge is 0.504 e. The van der Waals surface area contributed by atoms with Gasteiger partial charge in [0.15, 0.2) is 17.3 Å². The van der Waals surface area contributed by atoms with Crippen molar-refractivity contribution in [1.82, 2.24) is 0 Å². The molecule has 0 saturated carbocycles. The van der Waals surface area contributed by atoms with Gasteiger partial charge in [0.1, 0.15) is 0 Å². The van der Waals surface area contributed by atoms with E-state index in [1.54, 1.807) is 0 Å². The third kappa shape index (κ3) is 5.57. The van der Waals surface area contributed by atoms with Gasteiger partial charge in [-0.05, 0) is 18.2 Å². The first-order valence-electron chi connectivity index (χ1n) is 4.03. The average Bonchev–Trinajstić information content (AvgIpc) is 2.20. The lowest BCUT2D eigenvalue weighted by molar-refractivity contribution is 0.102. The summed E-state index contributed by atoms with van der Waals surface area (Å²) in [6.07, 6.45) is 0. The molecule has 0 fully saturated rings. The minimum absolute atomic E-state index is 0.135. The van der Waals surface area contributed by atoms with Gasteiger partial charge in [-0.25, -0.2) is 0 Å². The van der Waals surface area contributed by atoms with Gasteiger partial charge in [0, 0.05) is 5.56 Å². The Bertz CT molecular complexity index is 354. The third-order valence-electron chi connectivity index (χ3n) is 1.42. The number of alkyl halides is 1. The van der Waals surface area contributed by atoms with Crippen LogP contribution in [0.4, 0.5) is 0 Å². The van der Waals surface area contributed by atoms with Crippen LogP contribution in [0.3, 0.4) is 0 Å². The lowest BCUT2D eigenvalue weighted by Gasteiger charge is -1.99. The predicted octanol–water partition coefficient (Wildman–Crippen LogP) is -0.533. The summed E-state index contributed by atoms with van der Waals surface area (Å²) < 4.78 is 0. The maximum Gasteiger partial charge on any atom is 0.631 e. The van der Waals surface area contributed by atoms with Crippen molar-refractivity contribution in [3.8, 4) is 11.5 Å². The Labute approximate surface area is 96.5 Å². The number of phenols is 2. The van der Waals surface area contributed by atoms with E-state index in [4.69, 9.17) is 36.9 Å². The topological polar surface area (TPSA) is 118 Å². The highest BCUT2D eigenvalue weighted by Gasteiger charge is 2.06. The zero-order chi connectivity index (χ0) is 12.7. The van der Waals surface area contributed by atoms with Crippen LogP contribution in [0.5, 0.6) is 11.5 Å². The van der Waals surface area contributed by atoms with Crippen LogP contribution in [0.2, 0.25) is 0 Å². The van der Waals surface area contributed by atoms with E-state index in [0.717, 1.165) is 0 Å². The first-order valence-corrected chi connectivity index (χ1v) is 4.57. The fourth-order valence-electron chi connectivity index (χ4n) is 0.774. The van der Waals surface area contributed by atoms with Crippen LogP contribution in [0, 0.1) is 0 Å². The Balaban J connectivity index is 0.000000487. The number of benzene rings is 1. The Hall–Kier alpha value is -1.28. The molecule has 0 aliphatic rings. The molecule has 1 aromatic carbocycles. The van der Waals surface area contributed by atoms with E-state index in [9.17, 15) is 4.79 Å². The molecule has 0 heterocycles. The molecule has 0 aromatic heterocycles. The van der Waals surface area contributed by atoms with Crippen molar-refractivity contribution in [1.29, 1.82) is 0 Å². The largest absolute Gasteiger partial charge is 0.631 e. The van der Waals surface area contributed by atoms with E-state index in [1.165, 1.54) is 18.2 Å². The summed E-state index contributed by atoms with van der Waals surface area (Å²) >= 11 is 5.28. The van der Waals surface area contributed by atoms with Gasteiger partial charge in [-0.15, -0.1) is 11.6 Å². The quantitative estimate of drug-likeness (QED) is 0.208. The molecule has 8 heteroatoms.